The second-order valence-electron chi connectivity index (χ2n) is 17.4. The summed E-state index contributed by atoms with van der Waals surface area (Å²) in [5.74, 6) is 0. The molecular formula is C61H44N2. The van der Waals surface area contributed by atoms with Crippen LogP contribution in [0.15, 0.2) is 230 Å². The molecule has 3 aliphatic carbocycles. The molecule has 0 saturated heterocycles. The molecule has 0 unspecified atom stereocenters. The number of allylic oxidation sites excluding steroid dienone is 8. The second-order valence-corrected chi connectivity index (χ2v) is 17.4. The highest BCUT2D eigenvalue weighted by molar-refractivity contribution is 6.13. The summed E-state index contributed by atoms with van der Waals surface area (Å²) in [7, 11) is 0. The number of hydrogen-bond donors (Lipinski definition) is 0. The number of benzene rings is 8. The van der Waals surface area contributed by atoms with Crippen LogP contribution in [0.3, 0.4) is 0 Å². The molecule has 3 aliphatic rings. The van der Waals surface area contributed by atoms with Crippen molar-refractivity contribution in [1.82, 2.24) is 9.13 Å². The molecule has 2 heteroatoms. The Balaban J connectivity index is 1.06. The number of nitrogens with zero attached hydrogens (tertiary/aromatic N) is 2. The first-order valence-electron chi connectivity index (χ1n) is 22.4. The van der Waals surface area contributed by atoms with Gasteiger partial charge in [-0.25, -0.2) is 0 Å². The highest BCUT2D eigenvalue weighted by atomic mass is 15.0. The molecule has 298 valence electrons. The maximum absolute atomic E-state index is 2.56. The van der Waals surface area contributed by atoms with Crippen molar-refractivity contribution in [2.24, 2.45) is 0 Å². The Labute approximate surface area is 367 Å². The van der Waals surface area contributed by atoms with Gasteiger partial charge < -0.3 is 9.13 Å². The third-order valence-corrected chi connectivity index (χ3v) is 14.2. The summed E-state index contributed by atoms with van der Waals surface area (Å²) >= 11 is 0. The predicted octanol–water partition coefficient (Wildman–Crippen LogP) is 15.8. The quantitative estimate of drug-likeness (QED) is 0.158. The molecule has 0 aliphatic heterocycles. The van der Waals surface area contributed by atoms with Crippen molar-refractivity contribution in [1.29, 1.82) is 0 Å². The van der Waals surface area contributed by atoms with Gasteiger partial charge in [-0.2, -0.15) is 0 Å². The lowest BCUT2D eigenvalue weighted by Gasteiger charge is -2.34. The van der Waals surface area contributed by atoms with Crippen LogP contribution in [0.25, 0.3) is 77.2 Å². The van der Waals surface area contributed by atoms with Gasteiger partial charge in [0.25, 0.3) is 0 Å². The van der Waals surface area contributed by atoms with Gasteiger partial charge in [0.05, 0.1) is 27.5 Å². The molecule has 2 heterocycles. The number of para-hydroxylation sites is 2. The standard InChI is InChI=1S/C61H44N2/c1-4-16-41(17-5-1)42-28-33-48(34-29-42)62-58-36-31-43(44-30-35-52-51-24-12-15-27-57(51)63(60(52)39-44)47-20-8-3-9-21-47)38-53(58)54-40-46(32-37-59(54)62)61(45-18-6-2-7-19-45)55-25-13-10-22-49(55)50-23-11-14-26-56(50)61/h1-4,6-16,18-28,30-33,35-40H,5,17,29,34H2. The summed E-state index contributed by atoms with van der Waals surface area (Å²) in [6, 6.07) is 70.4. The highest BCUT2D eigenvalue weighted by Gasteiger charge is 2.46. The van der Waals surface area contributed by atoms with E-state index in [2.05, 4.69) is 228 Å². The van der Waals surface area contributed by atoms with Gasteiger partial charge in [0.1, 0.15) is 0 Å². The van der Waals surface area contributed by atoms with E-state index in [0.717, 1.165) is 25.7 Å². The fourth-order valence-electron chi connectivity index (χ4n) is 11.4. The molecule has 0 bridgehead atoms. The van der Waals surface area contributed by atoms with E-state index in [1.165, 1.54) is 111 Å². The Hall–Kier alpha value is -7.68. The minimum absolute atomic E-state index is 0.478. The molecule has 2 nitrogen and oxygen atoms in total. The minimum atomic E-state index is -0.478. The van der Waals surface area contributed by atoms with Gasteiger partial charge in [-0.05, 0) is 136 Å². The lowest BCUT2D eigenvalue weighted by molar-refractivity contribution is 0.770. The number of hydrogen-bond acceptors (Lipinski definition) is 0. The summed E-state index contributed by atoms with van der Waals surface area (Å²) in [4.78, 5) is 0. The topological polar surface area (TPSA) is 9.86 Å². The van der Waals surface area contributed by atoms with Crippen LogP contribution < -0.4 is 0 Å². The monoisotopic (exact) mass is 804 g/mol. The molecule has 0 atom stereocenters. The Morgan fingerprint density at radius 1 is 0.381 bits per heavy atom. The van der Waals surface area contributed by atoms with Gasteiger partial charge >= 0.3 is 0 Å². The molecule has 0 N–H and O–H groups in total. The van der Waals surface area contributed by atoms with Crippen molar-refractivity contribution >= 4 is 49.3 Å². The normalized spacial score (nSPS) is 15.4. The lowest BCUT2D eigenvalue weighted by Crippen LogP contribution is -2.28. The van der Waals surface area contributed by atoms with Crippen LogP contribution in [0, 0.1) is 0 Å². The van der Waals surface area contributed by atoms with E-state index in [-0.39, 0.29) is 0 Å². The molecule has 13 rings (SSSR count). The summed E-state index contributed by atoms with van der Waals surface area (Å²) < 4.78 is 4.98. The van der Waals surface area contributed by atoms with Gasteiger partial charge in [0.15, 0.2) is 0 Å². The molecule has 10 aromatic rings. The Morgan fingerprint density at radius 2 is 1.00 bits per heavy atom. The molecule has 8 aromatic carbocycles. The molecule has 0 spiro atoms. The number of fused-ring (bicyclic) bond motifs is 9. The second kappa shape index (κ2) is 14.2. The van der Waals surface area contributed by atoms with Crippen molar-refractivity contribution in [3.63, 3.8) is 0 Å². The van der Waals surface area contributed by atoms with Crippen molar-refractivity contribution < 1.29 is 0 Å². The Bertz CT molecular complexity index is 3560. The van der Waals surface area contributed by atoms with Crippen LogP contribution in [-0.4, -0.2) is 9.13 Å². The third kappa shape index (κ3) is 5.38. The maximum Gasteiger partial charge on any atom is 0.0713 e. The van der Waals surface area contributed by atoms with E-state index >= 15 is 0 Å². The lowest BCUT2D eigenvalue weighted by atomic mass is 9.67. The SMILES string of the molecule is C1=CCCC(C2=CC=C(n3c4ccc(-c5ccc6c7ccccc7n(-c7ccccc7)c6c5)cc4c4cc(C5(c6ccccc6)c6ccccc6-c6ccccc65)ccc43)CC2)=C1. The van der Waals surface area contributed by atoms with E-state index in [0.29, 0.717) is 0 Å². The minimum Gasteiger partial charge on any atom is -0.313 e. The van der Waals surface area contributed by atoms with Crippen LogP contribution in [0.1, 0.15) is 47.9 Å². The van der Waals surface area contributed by atoms with E-state index < -0.39 is 5.41 Å². The molecule has 2 aromatic heterocycles. The van der Waals surface area contributed by atoms with E-state index in [1.54, 1.807) is 0 Å². The third-order valence-electron chi connectivity index (χ3n) is 14.2. The fraction of sp³-hybridized carbons (Fsp3) is 0.0820. The molecule has 0 saturated carbocycles. The zero-order valence-electron chi connectivity index (χ0n) is 35.0. The average Bonchev–Trinajstić information content (AvgIpc) is 3.98. The summed E-state index contributed by atoms with van der Waals surface area (Å²) in [5, 5.41) is 5.08. The van der Waals surface area contributed by atoms with Crippen LogP contribution in [-0.2, 0) is 5.41 Å². The molecule has 0 radical (unpaired) electrons. The predicted molar refractivity (Wildman–Crippen MR) is 265 cm³/mol. The van der Waals surface area contributed by atoms with E-state index in [4.69, 9.17) is 0 Å². The molecule has 63 heavy (non-hydrogen) atoms. The summed E-state index contributed by atoms with van der Waals surface area (Å²) in [6.07, 6.45) is 15.9. The van der Waals surface area contributed by atoms with Gasteiger partial charge in [-0.1, -0.05) is 164 Å². The molecular weight excluding hydrogens is 761 g/mol. The first-order valence-corrected chi connectivity index (χ1v) is 22.4. The van der Waals surface area contributed by atoms with Gasteiger partial charge in [-0.3, -0.25) is 0 Å². The summed E-state index contributed by atoms with van der Waals surface area (Å²) in [6.45, 7) is 0. The van der Waals surface area contributed by atoms with Crippen molar-refractivity contribution in [3.8, 4) is 27.9 Å². The molecule has 0 fully saturated rings. The van der Waals surface area contributed by atoms with Crippen LogP contribution in [0.5, 0.6) is 0 Å². The van der Waals surface area contributed by atoms with Gasteiger partial charge in [0.2, 0.25) is 0 Å². The van der Waals surface area contributed by atoms with E-state index in [9.17, 15) is 0 Å². The highest BCUT2D eigenvalue weighted by Crippen LogP contribution is 2.56. The first kappa shape index (κ1) is 36.0. The van der Waals surface area contributed by atoms with Crippen molar-refractivity contribution in [2.75, 3.05) is 0 Å². The summed E-state index contributed by atoms with van der Waals surface area (Å²) in [5.41, 5.74) is 20.2. The number of aromatic nitrogens is 2. The van der Waals surface area contributed by atoms with Crippen LogP contribution in [0.4, 0.5) is 0 Å². The van der Waals surface area contributed by atoms with Crippen molar-refractivity contribution in [3.05, 3.63) is 252 Å². The maximum atomic E-state index is 2.56. The largest absolute Gasteiger partial charge is 0.313 e. The zero-order chi connectivity index (χ0) is 41.5. The van der Waals surface area contributed by atoms with Crippen LogP contribution in [0.2, 0.25) is 0 Å². The fourth-order valence-corrected chi connectivity index (χ4v) is 11.4. The Kier molecular flexibility index (Phi) is 8.11. The van der Waals surface area contributed by atoms with Crippen LogP contribution >= 0.6 is 0 Å². The van der Waals surface area contributed by atoms with Gasteiger partial charge in [-0.15, -0.1) is 0 Å². The average molecular weight is 805 g/mol. The zero-order valence-corrected chi connectivity index (χ0v) is 35.0. The molecule has 0 amide bonds. The van der Waals surface area contributed by atoms with Crippen molar-refractivity contribution in [2.45, 2.75) is 31.1 Å². The van der Waals surface area contributed by atoms with E-state index in [1.807, 2.05) is 0 Å². The number of rotatable bonds is 6. The Morgan fingerprint density at radius 3 is 1.75 bits per heavy atom. The van der Waals surface area contributed by atoms with Gasteiger partial charge in [0, 0.05) is 32.9 Å². The smallest absolute Gasteiger partial charge is 0.0713 e. The first-order chi connectivity index (χ1) is 31.3.